The monoisotopic (exact) mass is 274 g/mol. The highest BCUT2D eigenvalue weighted by Gasteiger charge is 2.26. The Kier molecular flexibility index (Phi) is 2.83. The van der Waals surface area contributed by atoms with Gasteiger partial charge in [0.25, 0.3) is 0 Å². The fraction of sp³-hybridized carbons (Fsp3) is 0.143. The summed E-state index contributed by atoms with van der Waals surface area (Å²) >= 11 is 1.36. The van der Waals surface area contributed by atoms with E-state index in [-0.39, 0.29) is 12.2 Å². The minimum absolute atomic E-state index is 0.144. The van der Waals surface area contributed by atoms with Gasteiger partial charge >= 0.3 is 5.97 Å². The van der Waals surface area contributed by atoms with Gasteiger partial charge in [0, 0.05) is 5.56 Å². The number of benzene rings is 1. The smallest absolute Gasteiger partial charge is 0.307 e. The fourth-order valence-electron chi connectivity index (χ4n) is 2.18. The minimum atomic E-state index is -0.961. The number of hydrogen-bond acceptors (Lipinski definition) is 4. The summed E-state index contributed by atoms with van der Waals surface area (Å²) in [6.07, 6.45) is -0.182. The molecule has 1 aromatic carbocycles. The van der Waals surface area contributed by atoms with Gasteiger partial charge in [0.2, 0.25) is 5.78 Å². The Morgan fingerprint density at radius 3 is 3.00 bits per heavy atom. The molecule has 1 aliphatic rings. The number of hydrogen-bond donors (Lipinski definition) is 1. The Morgan fingerprint density at radius 1 is 1.37 bits per heavy atom. The average molecular weight is 274 g/mol. The van der Waals surface area contributed by atoms with Gasteiger partial charge in [-0.2, -0.15) is 0 Å². The molecule has 3 rings (SSSR count). The van der Waals surface area contributed by atoms with Gasteiger partial charge in [0.1, 0.15) is 12.4 Å². The topological polar surface area (TPSA) is 63.6 Å². The number of carboxylic acid groups (broad SMARTS) is 1. The molecule has 0 aliphatic carbocycles. The van der Waals surface area contributed by atoms with E-state index in [0.29, 0.717) is 28.4 Å². The molecule has 0 spiro atoms. The van der Waals surface area contributed by atoms with Crippen LogP contribution in [0.2, 0.25) is 0 Å². The third-order valence-corrected chi connectivity index (χ3v) is 3.97. The van der Waals surface area contributed by atoms with Crippen LogP contribution >= 0.6 is 11.3 Å². The Bertz CT molecular complexity index is 672. The van der Waals surface area contributed by atoms with Crippen molar-refractivity contribution in [1.29, 1.82) is 0 Å². The molecule has 0 unspecified atom stereocenters. The molecule has 0 bridgehead atoms. The van der Waals surface area contributed by atoms with Crippen LogP contribution in [-0.4, -0.2) is 16.9 Å². The maximum atomic E-state index is 12.5. The first-order chi connectivity index (χ1) is 9.16. The molecule has 2 aromatic rings. The molecule has 0 saturated heterocycles. The summed E-state index contributed by atoms with van der Waals surface area (Å²) in [6.45, 7) is 0.341. The second kappa shape index (κ2) is 4.51. The maximum Gasteiger partial charge on any atom is 0.307 e. The largest absolute Gasteiger partial charge is 0.488 e. The van der Waals surface area contributed by atoms with Gasteiger partial charge < -0.3 is 9.84 Å². The Hall–Kier alpha value is -2.14. The second-order valence-corrected chi connectivity index (χ2v) is 5.17. The zero-order valence-electron chi connectivity index (χ0n) is 9.88. The van der Waals surface area contributed by atoms with Crippen LogP contribution in [0.1, 0.15) is 26.4 Å². The highest BCUT2D eigenvalue weighted by molar-refractivity contribution is 7.12. The zero-order chi connectivity index (χ0) is 13.4. The molecular weight excluding hydrogens is 264 g/mol. The zero-order valence-corrected chi connectivity index (χ0v) is 10.7. The van der Waals surface area contributed by atoms with Gasteiger partial charge in [0.05, 0.1) is 16.9 Å². The van der Waals surface area contributed by atoms with E-state index in [1.54, 1.807) is 18.2 Å². The second-order valence-electron chi connectivity index (χ2n) is 4.25. The van der Waals surface area contributed by atoms with Crippen molar-refractivity contribution < 1.29 is 19.4 Å². The van der Waals surface area contributed by atoms with Crippen molar-refractivity contribution in [2.75, 3.05) is 0 Å². The van der Waals surface area contributed by atoms with E-state index in [0.717, 1.165) is 5.56 Å². The van der Waals surface area contributed by atoms with Crippen LogP contribution in [-0.2, 0) is 17.8 Å². The van der Waals surface area contributed by atoms with Crippen molar-refractivity contribution in [3.63, 3.8) is 0 Å². The Labute approximate surface area is 113 Å². The summed E-state index contributed by atoms with van der Waals surface area (Å²) in [5, 5.41) is 10.8. The lowest BCUT2D eigenvalue weighted by Gasteiger charge is -2.09. The van der Waals surface area contributed by atoms with E-state index in [1.807, 2.05) is 11.4 Å². The number of carboxylic acids is 1. The molecule has 0 fully saturated rings. The van der Waals surface area contributed by atoms with Gasteiger partial charge in [-0.15, -0.1) is 11.3 Å². The van der Waals surface area contributed by atoms with Crippen LogP contribution < -0.4 is 4.74 Å². The lowest BCUT2D eigenvalue weighted by molar-refractivity contribution is -0.136. The van der Waals surface area contributed by atoms with Crippen molar-refractivity contribution in [1.82, 2.24) is 0 Å². The SMILES string of the molecule is O=C(O)Cc1cccc2c1C(=O)c1sccc1CO2. The van der Waals surface area contributed by atoms with Crippen molar-refractivity contribution >= 4 is 23.1 Å². The Morgan fingerprint density at radius 2 is 2.21 bits per heavy atom. The number of ether oxygens (including phenoxy) is 1. The van der Waals surface area contributed by atoms with Crippen molar-refractivity contribution in [2.24, 2.45) is 0 Å². The third-order valence-electron chi connectivity index (χ3n) is 3.02. The number of carbonyl (C=O) groups excluding carboxylic acids is 1. The van der Waals surface area contributed by atoms with E-state index in [4.69, 9.17) is 9.84 Å². The number of fused-ring (bicyclic) bond motifs is 2. The highest BCUT2D eigenvalue weighted by atomic mass is 32.1. The summed E-state index contributed by atoms with van der Waals surface area (Å²) in [7, 11) is 0. The molecule has 0 amide bonds. The fourth-order valence-corrected chi connectivity index (χ4v) is 3.04. The lowest BCUT2D eigenvalue weighted by atomic mass is 9.98. The van der Waals surface area contributed by atoms with Gasteiger partial charge in [-0.25, -0.2) is 0 Å². The molecule has 19 heavy (non-hydrogen) atoms. The van der Waals surface area contributed by atoms with Crippen LogP contribution in [0.25, 0.3) is 0 Å². The first-order valence-electron chi connectivity index (χ1n) is 5.74. The van der Waals surface area contributed by atoms with E-state index in [1.165, 1.54) is 11.3 Å². The van der Waals surface area contributed by atoms with Crippen LogP contribution in [0.5, 0.6) is 5.75 Å². The van der Waals surface area contributed by atoms with Crippen LogP contribution in [0.4, 0.5) is 0 Å². The number of rotatable bonds is 2. The standard InChI is InChI=1S/C14H10O4S/c15-11(16)6-8-2-1-3-10-12(8)13(17)14-9(7-18-10)4-5-19-14/h1-5H,6-7H2,(H,15,16). The summed E-state index contributed by atoms with van der Waals surface area (Å²) in [5.74, 6) is -0.640. The molecule has 5 heteroatoms. The highest BCUT2D eigenvalue weighted by Crippen LogP contribution is 2.33. The summed E-state index contributed by atoms with van der Waals surface area (Å²) in [4.78, 5) is 24.1. The van der Waals surface area contributed by atoms with Crippen LogP contribution in [0.3, 0.4) is 0 Å². The number of carbonyl (C=O) groups is 2. The molecule has 0 atom stereocenters. The minimum Gasteiger partial charge on any atom is -0.488 e. The maximum absolute atomic E-state index is 12.5. The van der Waals surface area contributed by atoms with Gasteiger partial charge in [0.15, 0.2) is 0 Å². The Balaban J connectivity index is 2.17. The quantitative estimate of drug-likeness (QED) is 0.913. The molecule has 0 saturated carbocycles. The van der Waals surface area contributed by atoms with E-state index in [2.05, 4.69) is 0 Å². The number of thiophene rings is 1. The first kappa shape index (κ1) is 11.9. The molecule has 1 aliphatic heterocycles. The van der Waals surface area contributed by atoms with E-state index >= 15 is 0 Å². The third kappa shape index (κ3) is 2.02. The first-order valence-corrected chi connectivity index (χ1v) is 6.62. The predicted molar refractivity (Wildman–Crippen MR) is 69.9 cm³/mol. The summed E-state index contributed by atoms with van der Waals surface area (Å²) in [6, 6.07) is 6.94. The summed E-state index contributed by atoms with van der Waals surface area (Å²) in [5.41, 5.74) is 1.73. The molecular formula is C14H10O4S. The number of ketones is 1. The van der Waals surface area contributed by atoms with Crippen LogP contribution in [0, 0.1) is 0 Å². The van der Waals surface area contributed by atoms with E-state index in [9.17, 15) is 9.59 Å². The molecule has 0 radical (unpaired) electrons. The van der Waals surface area contributed by atoms with Crippen molar-refractivity contribution in [3.8, 4) is 5.75 Å². The molecule has 96 valence electrons. The normalized spacial score (nSPS) is 13.2. The number of aliphatic carboxylic acids is 1. The predicted octanol–water partition coefficient (Wildman–Crippen LogP) is 2.50. The van der Waals surface area contributed by atoms with Crippen molar-refractivity contribution in [2.45, 2.75) is 13.0 Å². The molecule has 4 nitrogen and oxygen atoms in total. The van der Waals surface area contributed by atoms with Gasteiger partial charge in [-0.1, -0.05) is 12.1 Å². The average Bonchev–Trinajstić information content (AvgIpc) is 2.78. The van der Waals surface area contributed by atoms with Gasteiger partial charge in [-0.05, 0) is 23.1 Å². The van der Waals surface area contributed by atoms with E-state index < -0.39 is 5.97 Å². The molecule has 1 N–H and O–H groups in total. The van der Waals surface area contributed by atoms with Crippen LogP contribution in [0.15, 0.2) is 29.6 Å². The lowest BCUT2D eigenvalue weighted by Crippen LogP contribution is -2.09. The molecule has 2 heterocycles. The van der Waals surface area contributed by atoms with Crippen molar-refractivity contribution in [3.05, 3.63) is 51.2 Å². The summed E-state index contributed by atoms with van der Waals surface area (Å²) < 4.78 is 5.62. The molecule has 1 aromatic heterocycles. The van der Waals surface area contributed by atoms with Gasteiger partial charge in [-0.3, -0.25) is 9.59 Å².